The Morgan fingerprint density at radius 2 is 2.00 bits per heavy atom. The lowest BCUT2D eigenvalue weighted by Gasteiger charge is -2.27. The van der Waals surface area contributed by atoms with Crippen molar-refractivity contribution < 1.29 is 15.0 Å². The van der Waals surface area contributed by atoms with Crippen molar-refractivity contribution in [3.8, 4) is 0 Å². The monoisotopic (exact) mass is 496 g/mol. The van der Waals surface area contributed by atoms with Gasteiger partial charge in [0.1, 0.15) is 0 Å². The molecular formula is C24H25BrN4O3. The molecule has 32 heavy (non-hydrogen) atoms. The van der Waals surface area contributed by atoms with Gasteiger partial charge in [-0.2, -0.15) is 0 Å². The first-order valence-electron chi connectivity index (χ1n) is 10.5. The molecule has 1 aromatic heterocycles. The summed E-state index contributed by atoms with van der Waals surface area (Å²) < 4.78 is 2.53. The number of benzene rings is 2. The number of aromatic nitrogens is 3. The highest BCUT2D eigenvalue weighted by atomic mass is 79.9. The van der Waals surface area contributed by atoms with Gasteiger partial charge in [0.05, 0.1) is 11.4 Å². The minimum Gasteiger partial charge on any atom is -0.396 e. The number of fused-ring (bicyclic) bond motifs is 1. The summed E-state index contributed by atoms with van der Waals surface area (Å²) in [6.45, 7) is 2.51. The number of aryl methyl sites for hydroxylation is 1. The number of amides is 1. The van der Waals surface area contributed by atoms with E-state index in [1.54, 1.807) is 9.58 Å². The lowest BCUT2D eigenvalue weighted by molar-refractivity contribution is -0.138. The second kappa shape index (κ2) is 9.36. The van der Waals surface area contributed by atoms with Crippen molar-refractivity contribution >= 4 is 33.2 Å². The Labute approximate surface area is 195 Å². The first kappa shape index (κ1) is 22.4. The van der Waals surface area contributed by atoms with E-state index in [-0.39, 0.29) is 12.5 Å². The van der Waals surface area contributed by atoms with E-state index in [1.165, 1.54) is 0 Å². The number of carbonyl (C=O) groups excluding carboxylic acids is 1. The van der Waals surface area contributed by atoms with Crippen molar-refractivity contribution in [2.75, 3.05) is 11.5 Å². The summed E-state index contributed by atoms with van der Waals surface area (Å²) in [5.41, 5.74) is 1.07. The molecule has 0 bridgehead atoms. The van der Waals surface area contributed by atoms with Gasteiger partial charge in [0, 0.05) is 47.4 Å². The predicted octanol–water partition coefficient (Wildman–Crippen LogP) is 3.72. The maximum atomic E-state index is 13.5. The third-order valence-electron chi connectivity index (χ3n) is 5.72. The molecule has 0 saturated carbocycles. The fourth-order valence-corrected chi connectivity index (χ4v) is 4.36. The van der Waals surface area contributed by atoms with Gasteiger partial charge in [0.25, 0.3) is 5.91 Å². The van der Waals surface area contributed by atoms with Crippen LogP contribution in [0.5, 0.6) is 0 Å². The van der Waals surface area contributed by atoms with Crippen LogP contribution >= 0.6 is 15.9 Å². The largest absolute Gasteiger partial charge is 0.396 e. The topological polar surface area (TPSA) is 91.5 Å². The molecule has 1 amide bonds. The van der Waals surface area contributed by atoms with E-state index >= 15 is 0 Å². The average Bonchev–Trinajstić information content (AvgIpc) is 3.33. The Balaban J connectivity index is 1.55. The van der Waals surface area contributed by atoms with Gasteiger partial charge >= 0.3 is 0 Å². The number of hydrogen-bond acceptors (Lipinski definition) is 5. The zero-order chi connectivity index (χ0) is 22.7. The Hall–Kier alpha value is -2.81. The highest BCUT2D eigenvalue weighted by molar-refractivity contribution is 9.10. The molecule has 1 aliphatic heterocycles. The summed E-state index contributed by atoms with van der Waals surface area (Å²) in [6, 6.07) is 14.9. The maximum absolute atomic E-state index is 13.5. The number of hydrogen-bond donors (Lipinski definition) is 2. The molecule has 2 aromatic carbocycles. The number of rotatable bonds is 8. The van der Waals surface area contributed by atoms with E-state index in [0.717, 1.165) is 15.9 Å². The van der Waals surface area contributed by atoms with Crippen LogP contribution in [0.25, 0.3) is 0 Å². The van der Waals surface area contributed by atoms with Crippen LogP contribution in [0.3, 0.4) is 0 Å². The molecule has 0 spiro atoms. The first-order valence-corrected chi connectivity index (χ1v) is 11.3. The van der Waals surface area contributed by atoms with E-state index < -0.39 is 11.5 Å². The van der Waals surface area contributed by atoms with Crippen LogP contribution in [0.15, 0.2) is 71.4 Å². The fraction of sp³-hybridized carbons (Fsp3) is 0.292. The first-order chi connectivity index (χ1) is 15.4. The smallest absolute Gasteiger partial charge is 0.268 e. The summed E-state index contributed by atoms with van der Waals surface area (Å²) in [4.78, 5) is 15.1. The van der Waals surface area contributed by atoms with Crippen LogP contribution in [0, 0.1) is 5.92 Å². The summed E-state index contributed by atoms with van der Waals surface area (Å²) >= 11 is 3.47. The Kier molecular flexibility index (Phi) is 6.55. The third kappa shape index (κ3) is 4.13. The number of aliphatic hydroxyl groups is 2. The van der Waals surface area contributed by atoms with Crippen molar-refractivity contribution in [2.45, 2.75) is 31.9 Å². The molecule has 0 unspecified atom stereocenters. The van der Waals surface area contributed by atoms with E-state index in [1.807, 2.05) is 73.8 Å². The Morgan fingerprint density at radius 1 is 1.22 bits per heavy atom. The zero-order valence-corrected chi connectivity index (χ0v) is 19.3. The molecule has 7 nitrogen and oxygen atoms in total. The highest BCUT2D eigenvalue weighted by Gasteiger charge is 2.53. The molecule has 166 valence electrons. The second-order valence-corrected chi connectivity index (χ2v) is 8.77. The molecule has 1 aliphatic rings. The number of carbonyl (C=O) groups is 1. The van der Waals surface area contributed by atoms with Crippen LogP contribution in [0.2, 0.25) is 0 Å². The molecule has 0 fully saturated rings. The summed E-state index contributed by atoms with van der Waals surface area (Å²) in [5.74, 6) is -0.809. The molecule has 0 aliphatic carbocycles. The van der Waals surface area contributed by atoms with Gasteiger partial charge in [0.2, 0.25) is 0 Å². The number of nitrogens with zero attached hydrogens (tertiary/aromatic N) is 4. The van der Waals surface area contributed by atoms with Crippen molar-refractivity contribution in [1.82, 2.24) is 15.0 Å². The van der Waals surface area contributed by atoms with Gasteiger partial charge in [-0.15, -0.1) is 5.10 Å². The highest BCUT2D eigenvalue weighted by Crippen LogP contribution is 2.48. The number of anilines is 2. The van der Waals surface area contributed by atoms with Crippen LogP contribution in [-0.4, -0.2) is 37.7 Å². The number of aliphatic hydroxyl groups excluding tert-OH is 1. The normalized spacial score (nSPS) is 19.0. The number of halogens is 1. The van der Waals surface area contributed by atoms with Crippen molar-refractivity contribution in [1.29, 1.82) is 0 Å². The van der Waals surface area contributed by atoms with Gasteiger partial charge in [-0.1, -0.05) is 58.4 Å². The van der Waals surface area contributed by atoms with Crippen LogP contribution in [0.4, 0.5) is 11.4 Å². The lowest BCUT2D eigenvalue weighted by Crippen LogP contribution is -2.42. The third-order valence-corrected chi connectivity index (χ3v) is 6.21. The Bertz CT molecular complexity index is 1130. The molecule has 3 aromatic rings. The molecule has 2 heterocycles. The van der Waals surface area contributed by atoms with Gasteiger partial charge < -0.3 is 10.2 Å². The maximum Gasteiger partial charge on any atom is 0.268 e. The van der Waals surface area contributed by atoms with Crippen LogP contribution in [-0.2, 0) is 23.4 Å². The average molecular weight is 497 g/mol. The van der Waals surface area contributed by atoms with Crippen LogP contribution < -0.4 is 4.90 Å². The minimum atomic E-state index is -1.67. The molecule has 2 atom stereocenters. The molecule has 2 N–H and O–H groups in total. The van der Waals surface area contributed by atoms with E-state index in [2.05, 4.69) is 26.2 Å². The van der Waals surface area contributed by atoms with Gasteiger partial charge in [-0.25, -0.2) is 0 Å². The SMILES string of the molecule is C[C@@H](/C=C/CCn1cc(CCO)nn1)[C@]1(O)C(=O)N(c2ccccc2)c2ccc(Br)cc21. The lowest BCUT2D eigenvalue weighted by atomic mass is 9.83. The van der Waals surface area contributed by atoms with E-state index in [9.17, 15) is 9.90 Å². The van der Waals surface area contributed by atoms with Crippen molar-refractivity contribution in [3.63, 3.8) is 0 Å². The van der Waals surface area contributed by atoms with E-state index in [0.29, 0.717) is 30.6 Å². The number of para-hydroxylation sites is 1. The van der Waals surface area contributed by atoms with Crippen molar-refractivity contribution in [2.24, 2.45) is 5.92 Å². The molecule has 0 radical (unpaired) electrons. The molecule has 0 saturated heterocycles. The van der Waals surface area contributed by atoms with Crippen LogP contribution in [0.1, 0.15) is 24.6 Å². The minimum absolute atomic E-state index is 0.0420. The standard InChI is InChI=1S/C24H25BrN4O3/c1-17(7-5-6-13-28-16-19(12-14-30)26-27-28)24(32)21-15-18(25)10-11-22(21)29(23(24)31)20-8-3-2-4-9-20/h2-5,7-11,15-17,30,32H,6,12-14H2,1H3/b7-5+/t17-,24+/m0/s1. The second-order valence-electron chi connectivity index (χ2n) is 7.86. The summed E-state index contributed by atoms with van der Waals surface area (Å²) in [7, 11) is 0. The zero-order valence-electron chi connectivity index (χ0n) is 17.7. The molecular weight excluding hydrogens is 472 g/mol. The number of allylic oxidation sites excluding steroid dienone is 1. The molecule has 4 rings (SSSR count). The van der Waals surface area contributed by atoms with E-state index in [4.69, 9.17) is 5.11 Å². The molecule has 8 heteroatoms. The van der Waals surface area contributed by atoms with Gasteiger partial charge in [-0.05, 0) is 36.8 Å². The quantitative estimate of drug-likeness (QED) is 0.463. The fourth-order valence-electron chi connectivity index (χ4n) is 4.00. The Morgan fingerprint density at radius 3 is 2.75 bits per heavy atom. The van der Waals surface area contributed by atoms with Gasteiger partial charge in [-0.3, -0.25) is 14.4 Å². The van der Waals surface area contributed by atoms with Gasteiger partial charge in [0.15, 0.2) is 5.60 Å². The predicted molar refractivity (Wildman–Crippen MR) is 125 cm³/mol. The summed E-state index contributed by atoms with van der Waals surface area (Å²) in [6.07, 6.45) is 6.79. The summed E-state index contributed by atoms with van der Waals surface area (Å²) in [5, 5.41) is 28.7. The van der Waals surface area contributed by atoms with Crippen molar-refractivity contribution in [3.05, 3.63) is 82.6 Å².